The molecule has 0 heterocycles. The Labute approximate surface area is 95.6 Å². The predicted octanol–water partition coefficient (Wildman–Crippen LogP) is 4.01. The molecule has 0 amide bonds. The molecular weight excluding hydrogens is 264 g/mol. The molecule has 0 aromatic carbocycles. The molecule has 0 aliphatic carbocycles. The molecule has 0 radical (unpaired) electrons. The van der Waals surface area contributed by atoms with E-state index in [1.807, 2.05) is 0 Å². The highest BCUT2D eigenvalue weighted by Gasteiger charge is 2.04. The fourth-order valence-corrected chi connectivity index (χ4v) is 4.14. The van der Waals surface area contributed by atoms with E-state index < -0.39 is 13.9 Å². The van der Waals surface area contributed by atoms with Gasteiger partial charge in [-0.15, -0.1) is 6.42 Å². The molecule has 0 fully saturated rings. The molecule has 0 N–H and O–H groups in total. The highest BCUT2D eigenvalue weighted by Crippen LogP contribution is 2.51. The smallest absolute Gasteiger partial charge is 0.0858 e. The molecule has 1 unspecified atom stereocenters. The third kappa shape index (κ3) is 10.3. The van der Waals surface area contributed by atoms with Gasteiger partial charge in [-0.2, -0.15) is 0 Å². The number of hydrogen-bond donors (Lipinski definition) is 0. The fraction of sp³-hybridized carbons (Fsp3) is 0.250. The maximum absolute atomic E-state index is 5.87. The minimum absolute atomic E-state index is 0.713. The molecule has 0 saturated heterocycles. The Bertz CT molecular complexity index is 297. The lowest BCUT2D eigenvalue weighted by molar-refractivity contribution is 1.54. The first-order chi connectivity index (χ1) is 6.16. The van der Waals surface area contributed by atoms with Gasteiger partial charge in [0.2, 0.25) is 0 Å². The van der Waals surface area contributed by atoms with E-state index in [2.05, 4.69) is 29.3 Å². The molecule has 0 aliphatic rings. The molecular formula is C8H5Cl3P2. The van der Waals surface area contributed by atoms with Crippen LogP contribution in [0.1, 0.15) is 0 Å². The normalized spacial score (nSPS) is 10.4. The highest BCUT2D eigenvalue weighted by atomic mass is 35.9. The van der Waals surface area contributed by atoms with E-state index in [0.717, 1.165) is 6.16 Å². The third-order valence-corrected chi connectivity index (χ3v) is 4.50. The Morgan fingerprint density at radius 1 is 1.00 bits per heavy atom. The van der Waals surface area contributed by atoms with Gasteiger partial charge in [-0.1, -0.05) is 33.7 Å². The first kappa shape index (κ1) is 13.4. The summed E-state index contributed by atoms with van der Waals surface area (Å²) in [5.41, 5.74) is 2.78. The number of hydrogen-bond acceptors (Lipinski definition) is 0. The average molecular weight is 269 g/mol. The first-order valence-corrected chi connectivity index (χ1v) is 8.92. The van der Waals surface area contributed by atoms with Crippen LogP contribution in [0.4, 0.5) is 0 Å². The van der Waals surface area contributed by atoms with E-state index in [9.17, 15) is 0 Å². The maximum Gasteiger partial charge on any atom is 0.0858 e. The minimum Gasteiger partial charge on any atom is -0.106 e. The van der Waals surface area contributed by atoms with Gasteiger partial charge in [0.1, 0.15) is 0 Å². The summed E-state index contributed by atoms with van der Waals surface area (Å²) in [6.45, 7) is -0.915. The van der Waals surface area contributed by atoms with Crippen LogP contribution in [0.15, 0.2) is 0 Å². The molecule has 0 rings (SSSR count). The molecule has 0 spiro atoms. The van der Waals surface area contributed by atoms with Crippen molar-refractivity contribution >= 4 is 47.6 Å². The van der Waals surface area contributed by atoms with E-state index in [1.54, 1.807) is 0 Å². The minimum atomic E-state index is -0.915. The van der Waals surface area contributed by atoms with Gasteiger partial charge >= 0.3 is 0 Å². The summed E-state index contributed by atoms with van der Waals surface area (Å²) in [4.78, 5) is 0. The van der Waals surface area contributed by atoms with E-state index in [4.69, 9.17) is 40.1 Å². The van der Waals surface area contributed by atoms with Crippen LogP contribution in [-0.4, -0.2) is 12.3 Å². The van der Waals surface area contributed by atoms with Gasteiger partial charge in [-0.3, -0.25) is 0 Å². The van der Waals surface area contributed by atoms with E-state index >= 15 is 0 Å². The summed E-state index contributed by atoms with van der Waals surface area (Å²) in [5, 5.41) is 0. The van der Waals surface area contributed by atoms with Crippen molar-refractivity contribution in [3.8, 4) is 35.8 Å². The van der Waals surface area contributed by atoms with Crippen molar-refractivity contribution < 1.29 is 0 Å². The molecule has 0 bridgehead atoms. The Kier molecular flexibility index (Phi) is 9.27. The second-order valence-electron chi connectivity index (χ2n) is 1.74. The van der Waals surface area contributed by atoms with Crippen LogP contribution in [0, 0.1) is 35.8 Å². The monoisotopic (exact) mass is 268 g/mol. The van der Waals surface area contributed by atoms with Gasteiger partial charge in [0.05, 0.1) is 13.9 Å². The number of halogens is 3. The van der Waals surface area contributed by atoms with Crippen molar-refractivity contribution in [3.05, 3.63) is 0 Å². The van der Waals surface area contributed by atoms with Crippen LogP contribution >= 0.6 is 47.6 Å². The second-order valence-corrected chi connectivity index (χ2v) is 8.38. The third-order valence-electron chi connectivity index (χ3n) is 0.840. The predicted molar refractivity (Wildman–Crippen MR) is 65.5 cm³/mol. The van der Waals surface area contributed by atoms with Gasteiger partial charge in [-0.25, -0.2) is 0 Å². The topological polar surface area (TPSA) is 0 Å². The van der Waals surface area contributed by atoms with Gasteiger partial charge in [0.25, 0.3) is 0 Å². The zero-order valence-corrected chi connectivity index (χ0v) is 10.6. The molecule has 0 aromatic heterocycles. The number of terminal acetylenes is 1. The maximum atomic E-state index is 5.87. The summed E-state index contributed by atoms with van der Waals surface area (Å²) in [6.07, 6.45) is 6.34. The fourth-order valence-electron chi connectivity index (χ4n) is 0.375. The van der Waals surface area contributed by atoms with Gasteiger partial charge in [0.15, 0.2) is 0 Å². The van der Waals surface area contributed by atoms with Crippen LogP contribution in [0.2, 0.25) is 0 Å². The lowest BCUT2D eigenvalue weighted by Gasteiger charge is -2.00. The van der Waals surface area contributed by atoms with Crippen molar-refractivity contribution in [2.45, 2.75) is 0 Å². The van der Waals surface area contributed by atoms with Crippen molar-refractivity contribution in [3.63, 3.8) is 0 Å². The van der Waals surface area contributed by atoms with Crippen LogP contribution in [-0.2, 0) is 0 Å². The largest absolute Gasteiger partial charge is 0.106 e. The quantitative estimate of drug-likeness (QED) is 0.536. The van der Waals surface area contributed by atoms with Crippen LogP contribution in [0.3, 0.4) is 0 Å². The van der Waals surface area contributed by atoms with Crippen molar-refractivity contribution in [2.24, 2.45) is 0 Å². The second kappa shape index (κ2) is 8.98. The molecule has 0 aliphatic heterocycles. The summed E-state index contributed by atoms with van der Waals surface area (Å²) >= 11 is 17.0. The zero-order valence-electron chi connectivity index (χ0n) is 6.52. The van der Waals surface area contributed by atoms with Gasteiger partial charge in [-0.05, 0) is 35.5 Å². The SMILES string of the molecule is C#CC#CC#CP(Cl)CCP(Cl)Cl. The summed E-state index contributed by atoms with van der Waals surface area (Å²) in [6, 6.07) is 0. The molecule has 1 atom stereocenters. The Hall–Kier alpha value is 0.410. The van der Waals surface area contributed by atoms with Crippen LogP contribution in [0.5, 0.6) is 0 Å². The Morgan fingerprint density at radius 3 is 2.23 bits per heavy atom. The molecule has 0 saturated carbocycles. The van der Waals surface area contributed by atoms with Gasteiger partial charge in [0, 0.05) is 6.16 Å². The van der Waals surface area contributed by atoms with Crippen molar-refractivity contribution in [1.82, 2.24) is 0 Å². The van der Waals surface area contributed by atoms with Crippen LogP contribution in [0.25, 0.3) is 0 Å². The molecule has 5 heteroatoms. The van der Waals surface area contributed by atoms with E-state index in [-0.39, 0.29) is 0 Å². The standard InChI is InChI=1S/C8H5Cl3P2/c1-2-3-4-5-6-12(9)7-8-13(10)11/h1H,7-8H2. The highest BCUT2D eigenvalue weighted by molar-refractivity contribution is 8.04. The Morgan fingerprint density at radius 2 is 1.69 bits per heavy atom. The molecule has 13 heavy (non-hydrogen) atoms. The lowest BCUT2D eigenvalue weighted by atomic mass is 10.6. The molecule has 0 nitrogen and oxygen atoms in total. The van der Waals surface area contributed by atoms with Crippen molar-refractivity contribution in [2.75, 3.05) is 12.3 Å². The number of rotatable bonds is 3. The molecule has 0 aromatic rings. The average Bonchev–Trinajstić information content (AvgIpc) is 2.09. The summed E-state index contributed by atoms with van der Waals surface area (Å²) in [5.74, 6) is 9.58. The Balaban J connectivity index is 3.78. The molecule has 68 valence electrons. The van der Waals surface area contributed by atoms with Crippen LogP contribution < -0.4 is 0 Å². The first-order valence-electron chi connectivity index (χ1n) is 3.15. The lowest BCUT2D eigenvalue weighted by Crippen LogP contribution is -1.79. The van der Waals surface area contributed by atoms with E-state index in [1.165, 1.54) is 0 Å². The summed E-state index contributed by atoms with van der Waals surface area (Å²) in [7, 11) is -0.842. The van der Waals surface area contributed by atoms with E-state index in [0.29, 0.717) is 6.16 Å². The zero-order chi connectivity index (χ0) is 10.1. The summed E-state index contributed by atoms with van der Waals surface area (Å²) < 4.78 is 0. The van der Waals surface area contributed by atoms with Gasteiger partial charge < -0.3 is 0 Å². The van der Waals surface area contributed by atoms with Crippen molar-refractivity contribution in [1.29, 1.82) is 0 Å².